The van der Waals surface area contributed by atoms with Gasteiger partial charge in [-0.05, 0) is 44.9 Å². The maximum Gasteiger partial charge on any atom is 0.270 e. The standard InChI is InChI=1S/C23H28N2O5S/c1-7-25-19-13-21(30-6)20(29-5)12-18(19)15(3)22(31(25,27)28)23(26)24-16(4)17-10-8-14(2)9-11-17/h8-13,16H,7H2,1-6H3,(H,24,26). The van der Waals surface area contributed by atoms with Crippen molar-refractivity contribution in [1.82, 2.24) is 5.32 Å². The van der Waals surface area contributed by atoms with E-state index in [2.05, 4.69) is 5.32 Å². The van der Waals surface area contributed by atoms with E-state index in [1.807, 2.05) is 38.1 Å². The smallest absolute Gasteiger partial charge is 0.270 e. The first kappa shape index (κ1) is 22.7. The van der Waals surface area contributed by atoms with E-state index >= 15 is 0 Å². The number of hydrogen-bond acceptors (Lipinski definition) is 5. The number of anilines is 1. The first-order valence-corrected chi connectivity index (χ1v) is 11.5. The third kappa shape index (κ3) is 3.99. The lowest BCUT2D eigenvalue weighted by Gasteiger charge is -2.32. The quantitative estimate of drug-likeness (QED) is 0.733. The van der Waals surface area contributed by atoms with Crippen molar-refractivity contribution in [2.45, 2.75) is 33.7 Å². The predicted molar refractivity (Wildman–Crippen MR) is 122 cm³/mol. The summed E-state index contributed by atoms with van der Waals surface area (Å²) < 4.78 is 38.8. The molecule has 2 aromatic rings. The molecule has 31 heavy (non-hydrogen) atoms. The molecule has 0 fully saturated rings. The Hall–Kier alpha value is -3.00. The first-order chi connectivity index (χ1) is 14.6. The second kappa shape index (κ2) is 8.63. The summed E-state index contributed by atoms with van der Waals surface area (Å²) in [6.07, 6.45) is 0. The van der Waals surface area contributed by atoms with Crippen LogP contribution in [-0.4, -0.2) is 35.1 Å². The van der Waals surface area contributed by atoms with E-state index < -0.39 is 15.9 Å². The maximum atomic E-state index is 13.4. The van der Waals surface area contributed by atoms with Crippen molar-refractivity contribution in [3.05, 3.63) is 58.0 Å². The highest BCUT2D eigenvalue weighted by Gasteiger charge is 2.40. The molecule has 2 aromatic carbocycles. The molecule has 1 amide bonds. The molecule has 1 aliphatic rings. The number of aryl methyl sites for hydroxylation is 1. The molecule has 1 unspecified atom stereocenters. The zero-order valence-corrected chi connectivity index (χ0v) is 19.5. The molecule has 0 radical (unpaired) electrons. The van der Waals surface area contributed by atoms with Gasteiger partial charge >= 0.3 is 0 Å². The summed E-state index contributed by atoms with van der Waals surface area (Å²) in [4.78, 5) is 12.9. The number of carbonyl (C=O) groups excluding carboxylic acids is 1. The number of carbonyl (C=O) groups is 1. The normalized spacial score (nSPS) is 15.9. The van der Waals surface area contributed by atoms with Crippen LogP contribution in [-0.2, 0) is 14.8 Å². The molecule has 166 valence electrons. The molecule has 0 spiro atoms. The van der Waals surface area contributed by atoms with E-state index in [4.69, 9.17) is 9.47 Å². The average molecular weight is 445 g/mol. The van der Waals surface area contributed by atoms with Crippen LogP contribution in [0.15, 0.2) is 41.3 Å². The molecule has 0 bridgehead atoms. The van der Waals surface area contributed by atoms with Crippen molar-refractivity contribution in [3.63, 3.8) is 0 Å². The number of methoxy groups -OCH3 is 2. The number of hydrogen-bond donors (Lipinski definition) is 1. The number of fused-ring (bicyclic) bond motifs is 1. The summed E-state index contributed by atoms with van der Waals surface area (Å²) >= 11 is 0. The van der Waals surface area contributed by atoms with Crippen LogP contribution in [0.1, 0.15) is 43.5 Å². The van der Waals surface area contributed by atoms with Crippen molar-refractivity contribution < 1.29 is 22.7 Å². The highest BCUT2D eigenvalue weighted by atomic mass is 32.2. The van der Waals surface area contributed by atoms with E-state index in [0.717, 1.165) is 11.1 Å². The summed E-state index contributed by atoms with van der Waals surface area (Å²) in [7, 11) is -1.05. The fraction of sp³-hybridized carbons (Fsp3) is 0.348. The Morgan fingerprint density at radius 1 is 1.06 bits per heavy atom. The highest BCUT2D eigenvalue weighted by Crippen LogP contribution is 2.44. The van der Waals surface area contributed by atoms with Gasteiger partial charge in [-0.3, -0.25) is 9.10 Å². The number of nitrogens with one attached hydrogen (secondary N) is 1. The van der Waals surface area contributed by atoms with E-state index in [0.29, 0.717) is 28.3 Å². The summed E-state index contributed by atoms with van der Waals surface area (Å²) in [6.45, 7) is 7.34. The molecule has 0 aliphatic carbocycles. The third-order valence-electron chi connectivity index (χ3n) is 5.48. The van der Waals surface area contributed by atoms with Gasteiger partial charge in [0.15, 0.2) is 16.4 Å². The Labute approximate surface area is 183 Å². The number of sulfonamides is 1. The zero-order valence-electron chi connectivity index (χ0n) is 18.6. The SMILES string of the molecule is CCN1c2cc(OC)c(OC)cc2C(C)=C(C(=O)NC(C)c2ccc(C)cc2)S1(=O)=O. The second-order valence-electron chi connectivity index (χ2n) is 7.45. The zero-order chi connectivity index (χ0) is 22.9. The fourth-order valence-corrected chi connectivity index (χ4v) is 5.52. The minimum absolute atomic E-state index is 0.169. The second-order valence-corrected chi connectivity index (χ2v) is 9.25. The van der Waals surface area contributed by atoms with Crippen LogP contribution in [0.3, 0.4) is 0 Å². The largest absolute Gasteiger partial charge is 0.493 e. The van der Waals surface area contributed by atoms with Crippen LogP contribution in [0.25, 0.3) is 5.57 Å². The predicted octanol–water partition coefficient (Wildman–Crippen LogP) is 3.79. The average Bonchev–Trinajstić information content (AvgIpc) is 2.73. The number of allylic oxidation sites excluding steroid dienone is 1. The summed E-state index contributed by atoms with van der Waals surface area (Å²) in [5.74, 6) is 0.247. The van der Waals surface area contributed by atoms with Gasteiger partial charge < -0.3 is 14.8 Å². The van der Waals surface area contributed by atoms with Crippen molar-refractivity contribution >= 4 is 27.2 Å². The minimum Gasteiger partial charge on any atom is -0.493 e. The molecule has 1 heterocycles. The van der Waals surface area contributed by atoms with Crippen LogP contribution in [0.2, 0.25) is 0 Å². The van der Waals surface area contributed by atoms with Crippen LogP contribution in [0.4, 0.5) is 5.69 Å². The van der Waals surface area contributed by atoms with Gasteiger partial charge in [0.1, 0.15) is 0 Å². The van der Waals surface area contributed by atoms with Crippen LogP contribution < -0.4 is 19.1 Å². The van der Waals surface area contributed by atoms with Gasteiger partial charge in [0.25, 0.3) is 15.9 Å². The van der Waals surface area contributed by atoms with Crippen molar-refractivity contribution in [2.24, 2.45) is 0 Å². The Kier molecular flexibility index (Phi) is 6.31. The van der Waals surface area contributed by atoms with Gasteiger partial charge in [-0.1, -0.05) is 29.8 Å². The number of ether oxygens (including phenoxy) is 2. The van der Waals surface area contributed by atoms with Crippen molar-refractivity contribution in [3.8, 4) is 11.5 Å². The van der Waals surface area contributed by atoms with Gasteiger partial charge in [-0.25, -0.2) is 8.42 Å². The number of amides is 1. The Morgan fingerprint density at radius 2 is 1.65 bits per heavy atom. The fourth-order valence-electron chi connectivity index (χ4n) is 3.76. The van der Waals surface area contributed by atoms with E-state index in [1.54, 1.807) is 26.0 Å². The maximum absolute atomic E-state index is 13.4. The van der Waals surface area contributed by atoms with Crippen LogP contribution >= 0.6 is 0 Å². The molecule has 0 aromatic heterocycles. The molecule has 0 saturated heterocycles. The first-order valence-electron chi connectivity index (χ1n) is 10.0. The van der Waals surface area contributed by atoms with Gasteiger partial charge in [-0.2, -0.15) is 0 Å². The van der Waals surface area contributed by atoms with Crippen molar-refractivity contribution in [1.29, 1.82) is 0 Å². The third-order valence-corrected chi connectivity index (χ3v) is 7.52. The number of nitrogens with zero attached hydrogens (tertiary/aromatic N) is 1. The molecule has 1 atom stereocenters. The molecule has 8 heteroatoms. The monoisotopic (exact) mass is 444 g/mol. The lowest BCUT2D eigenvalue weighted by Crippen LogP contribution is -2.41. The van der Waals surface area contributed by atoms with E-state index in [-0.39, 0.29) is 17.5 Å². The Balaban J connectivity index is 2.09. The van der Waals surface area contributed by atoms with Gasteiger partial charge in [0.2, 0.25) is 0 Å². The number of rotatable bonds is 6. The lowest BCUT2D eigenvalue weighted by atomic mass is 10.0. The van der Waals surface area contributed by atoms with Gasteiger partial charge in [-0.15, -0.1) is 0 Å². The molecule has 0 saturated carbocycles. The minimum atomic E-state index is -4.05. The molecule has 3 rings (SSSR count). The van der Waals surface area contributed by atoms with Gasteiger partial charge in [0, 0.05) is 18.2 Å². The summed E-state index contributed by atoms with van der Waals surface area (Å²) in [5, 5.41) is 2.84. The lowest BCUT2D eigenvalue weighted by molar-refractivity contribution is -0.117. The summed E-state index contributed by atoms with van der Waals surface area (Å²) in [5.41, 5.74) is 3.44. The molecule has 1 aliphatic heterocycles. The molecule has 7 nitrogen and oxygen atoms in total. The molecular formula is C23H28N2O5S. The van der Waals surface area contributed by atoms with Crippen LogP contribution in [0.5, 0.6) is 11.5 Å². The molecule has 1 N–H and O–H groups in total. The Bertz CT molecular complexity index is 1140. The van der Waals surface area contributed by atoms with E-state index in [9.17, 15) is 13.2 Å². The topological polar surface area (TPSA) is 84.9 Å². The highest BCUT2D eigenvalue weighted by molar-refractivity contribution is 7.97. The Morgan fingerprint density at radius 3 is 2.19 bits per heavy atom. The van der Waals surface area contributed by atoms with E-state index in [1.165, 1.54) is 18.5 Å². The van der Waals surface area contributed by atoms with Crippen molar-refractivity contribution in [2.75, 3.05) is 25.1 Å². The van der Waals surface area contributed by atoms with Gasteiger partial charge in [0.05, 0.1) is 25.9 Å². The summed E-state index contributed by atoms with van der Waals surface area (Å²) in [6, 6.07) is 10.7. The number of benzene rings is 2. The molecular weight excluding hydrogens is 416 g/mol. The van der Waals surface area contributed by atoms with Crippen LogP contribution in [0, 0.1) is 6.92 Å².